The smallest absolute Gasteiger partial charge is 0.270 e. The molecule has 0 radical (unpaired) electrons. The fourth-order valence-corrected chi connectivity index (χ4v) is 5.41. The van der Waals surface area contributed by atoms with E-state index in [-0.39, 0.29) is 10.6 Å². The van der Waals surface area contributed by atoms with Crippen LogP contribution in [0.4, 0.5) is 11.4 Å². The number of nitrogens with zero attached hydrogens (tertiary/aromatic N) is 3. The van der Waals surface area contributed by atoms with Gasteiger partial charge < -0.3 is 4.57 Å². The van der Waals surface area contributed by atoms with Crippen LogP contribution in [0.25, 0.3) is 11.3 Å². The molecule has 2 aromatic carbocycles. The molecule has 1 saturated carbocycles. The lowest BCUT2D eigenvalue weighted by Gasteiger charge is -2.36. The molecule has 0 N–H and O–H groups in total. The fraction of sp³-hybridized carbons (Fsp3) is 0.375. The number of nitro groups is 1. The Bertz CT molecular complexity index is 1130. The average molecular weight is 422 g/mol. The van der Waals surface area contributed by atoms with Gasteiger partial charge in [-0.3, -0.25) is 10.1 Å². The van der Waals surface area contributed by atoms with Crippen LogP contribution in [0.15, 0.2) is 58.9 Å². The van der Waals surface area contributed by atoms with E-state index in [1.165, 1.54) is 18.4 Å². The van der Waals surface area contributed by atoms with Gasteiger partial charge in [0.1, 0.15) is 0 Å². The molecule has 0 amide bonds. The number of hydrogen-bond donors (Lipinski definition) is 0. The van der Waals surface area contributed by atoms with E-state index in [2.05, 4.69) is 42.9 Å². The predicted molar refractivity (Wildman–Crippen MR) is 122 cm³/mol. The number of hydrogen-bond acceptors (Lipinski definition) is 4. The van der Waals surface area contributed by atoms with E-state index in [1.54, 1.807) is 29.5 Å². The Balaban J connectivity index is 1.90. The van der Waals surface area contributed by atoms with Crippen LogP contribution in [0.3, 0.4) is 0 Å². The molecule has 3 atom stereocenters. The standard InChI is InChI=1S/C24H27N3O2S/c1-16-7-4-10-20(13-16)25-24-26(22-12-5-8-17(2)18(22)3)23(15-30-24)19-9-6-11-21(14-19)27(28)29/h4,6-7,9-11,13-15,17-18,22H,5,8,12H2,1-3H3. The number of rotatable bonds is 4. The number of aryl methyl sites for hydroxylation is 1. The molecule has 1 aliphatic rings. The van der Waals surface area contributed by atoms with Crippen molar-refractivity contribution in [2.45, 2.75) is 46.1 Å². The van der Waals surface area contributed by atoms with Crippen LogP contribution in [-0.4, -0.2) is 9.49 Å². The molecule has 156 valence electrons. The van der Waals surface area contributed by atoms with Crippen LogP contribution in [0.5, 0.6) is 0 Å². The Morgan fingerprint density at radius 2 is 1.93 bits per heavy atom. The van der Waals surface area contributed by atoms with Gasteiger partial charge in [0.05, 0.1) is 16.3 Å². The Morgan fingerprint density at radius 1 is 1.13 bits per heavy atom. The van der Waals surface area contributed by atoms with E-state index >= 15 is 0 Å². The van der Waals surface area contributed by atoms with Crippen molar-refractivity contribution in [2.75, 3.05) is 0 Å². The normalized spacial score (nSPS) is 22.2. The van der Waals surface area contributed by atoms with Crippen molar-refractivity contribution < 1.29 is 4.92 Å². The molecule has 0 spiro atoms. The van der Waals surface area contributed by atoms with Crippen LogP contribution in [0, 0.1) is 28.9 Å². The fourth-order valence-electron chi connectivity index (χ4n) is 4.44. The first-order valence-corrected chi connectivity index (χ1v) is 11.4. The summed E-state index contributed by atoms with van der Waals surface area (Å²) in [6.07, 6.45) is 3.54. The molecule has 3 unspecified atom stereocenters. The minimum absolute atomic E-state index is 0.118. The van der Waals surface area contributed by atoms with Crippen molar-refractivity contribution in [1.82, 2.24) is 4.57 Å². The minimum Gasteiger partial charge on any atom is -0.313 e. The summed E-state index contributed by atoms with van der Waals surface area (Å²) in [5, 5.41) is 13.4. The first-order chi connectivity index (χ1) is 14.4. The summed E-state index contributed by atoms with van der Waals surface area (Å²) < 4.78 is 2.34. The van der Waals surface area contributed by atoms with Crippen molar-refractivity contribution in [2.24, 2.45) is 16.8 Å². The van der Waals surface area contributed by atoms with E-state index in [9.17, 15) is 10.1 Å². The van der Waals surface area contributed by atoms with Gasteiger partial charge in [0, 0.05) is 29.1 Å². The van der Waals surface area contributed by atoms with Crippen molar-refractivity contribution in [3.8, 4) is 11.3 Å². The van der Waals surface area contributed by atoms with Crippen molar-refractivity contribution in [3.63, 3.8) is 0 Å². The maximum absolute atomic E-state index is 11.3. The molecule has 1 aromatic heterocycles. The highest BCUT2D eigenvalue weighted by atomic mass is 32.1. The highest BCUT2D eigenvalue weighted by Gasteiger charge is 2.30. The average Bonchev–Trinajstić information content (AvgIpc) is 3.13. The van der Waals surface area contributed by atoms with E-state index in [1.807, 2.05) is 18.2 Å². The second kappa shape index (κ2) is 8.56. The largest absolute Gasteiger partial charge is 0.313 e. The monoisotopic (exact) mass is 421 g/mol. The molecule has 0 bridgehead atoms. The van der Waals surface area contributed by atoms with Gasteiger partial charge in [0.15, 0.2) is 4.80 Å². The Labute approximate surface area is 180 Å². The number of nitro benzene ring substituents is 1. The van der Waals surface area contributed by atoms with Crippen molar-refractivity contribution in [3.05, 3.63) is 74.4 Å². The zero-order valence-electron chi connectivity index (χ0n) is 17.6. The zero-order chi connectivity index (χ0) is 21.3. The molecule has 0 aliphatic heterocycles. The molecular weight excluding hydrogens is 394 g/mol. The Kier molecular flexibility index (Phi) is 5.86. The number of benzene rings is 2. The maximum atomic E-state index is 11.3. The number of aromatic nitrogens is 1. The second-order valence-corrected chi connectivity index (χ2v) is 9.20. The molecule has 4 rings (SSSR count). The third-order valence-corrected chi connectivity index (χ3v) is 7.16. The SMILES string of the molecule is Cc1cccc(N=c2scc(-c3cccc([N+](=O)[O-])c3)n2C2CCCC(C)C2C)c1. The summed E-state index contributed by atoms with van der Waals surface area (Å²) in [6.45, 7) is 6.72. The van der Waals surface area contributed by atoms with Gasteiger partial charge in [0.2, 0.25) is 0 Å². The molecule has 1 fully saturated rings. The topological polar surface area (TPSA) is 60.4 Å². The summed E-state index contributed by atoms with van der Waals surface area (Å²) in [5.74, 6) is 1.16. The summed E-state index contributed by atoms with van der Waals surface area (Å²) in [7, 11) is 0. The van der Waals surface area contributed by atoms with Crippen LogP contribution < -0.4 is 4.80 Å². The van der Waals surface area contributed by atoms with E-state index in [0.717, 1.165) is 28.2 Å². The van der Waals surface area contributed by atoms with Crippen LogP contribution >= 0.6 is 11.3 Å². The maximum Gasteiger partial charge on any atom is 0.270 e. The second-order valence-electron chi connectivity index (χ2n) is 8.37. The van der Waals surface area contributed by atoms with Crippen LogP contribution in [0.2, 0.25) is 0 Å². The molecule has 6 heteroatoms. The van der Waals surface area contributed by atoms with Gasteiger partial charge in [0.25, 0.3) is 5.69 Å². The van der Waals surface area contributed by atoms with Gasteiger partial charge in [-0.1, -0.05) is 51.0 Å². The predicted octanol–water partition coefficient (Wildman–Crippen LogP) is 6.66. The number of non-ortho nitro benzene ring substituents is 1. The quantitative estimate of drug-likeness (QED) is 0.349. The summed E-state index contributed by atoms with van der Waals surface area (Å²) >= 11 is 1.61. The van der Waals surface area contributed by atoms with Crippen molar-refractivity contribution in [1.29, 1.82) is 0 Å². The van der Waals surface area contributed by atoms with Gasteiger partial charge in [-0.25, -0.2) is 4.99 Å². The molecule has 3 aromatic rings. The highest BCUT2D eigenvalue weighted by molar-refractivity contribution is 7.07. The van der Waals surface area contributed by atoms with Gasteiger partial charge in [-0.05, 0) is 42.9 Å². The summed E-state index contributed by atoms with van der Waals surface area (Å²) in [4.78, 5) is 16.9. The van der Waals surface area contributed by atoms with Gasteiger partial charge >= 0.3 is 0 Å². The van der Waals surface area contributed by atoms with Crippen LogP contribution in [0.1, 0.15) is 44.7 Å². The molecule has 0 saturated heterocycles. The van der Waals surface area contributed by atoms with Crippen LogP contribution in [-0.2, 0) is 0 Å². The minimum atomic E-state index is -0.330. The molecule has 5 nitrogen and oxygen atoms in total. The van der Waals surface area contributed by atoms with Crippen molar-refractivity contribution >= 4 is 22.7 Å². The molecule has 1 heterocycles. The van der Waals surface area contributed by atoms with Gasteiger partial charge in [-0.2, -0.15) is 0 Å². The summed E-state index contributed by atoms with van der Waals surface area (Å²) in [6, 6.07) is 15.5. The Hall–Kier alpha value is -2.73. The van der Waals surface area contributed by atoms with E-state index in [0.29, 0.717) is 17.9 Å². The van der Waals surface area contributed by atoms with Gasteiger partial charge in [-0.15, -0.1) is 11.3 Å². The highest BCUT2D eigenvalue weighted by Crippen LogP contribution is 2.40. The molecular formula is C24H27N3O2S. The first-order valence-electron chi connectivity index (χ1n) is 10.5. The zero-order valence-corrected chi connectivity index (χ0v) is 18.4. The third kappa shape index (κ3) is 4.10. The summed E-state index contributed by atoms with van der Waals surface area (Å²) in [5.41, 5.74) is 4.12. The lowest BCUT2D eigenvalue weighted by molar-refractivity contribution is -0.384. The first kappa shape index (κ1) is 20.5. The lowest BCUT2D eigenvalue weighted by Crippen LogP contribution is -2.32. The third-order valence-electron chi connectivity index (χ3n) is 6.32. The van der Waals surface area contributed by atoms with E-state index < -0.39 is 0 Å². The van der Waals surface area contributed by atoms with E-state index in [4.69, 9.17) is 4.99 Å². The Morgan fingerprint density at radius 3 is 2.70 bits per heavy atom. The lowest BCUT2D eigenvalue weighted by atomic mass is 9.78. The number of thiazole rings is 1. The molecule has 1 aliphatic carbocycles. The molecule has 30 heavy (non-hydrogen) atoms.